The van der Waals surface area contributed by atoms with Crippen molar-refractivity contribution in [1.82, 2.24) is 0 Å². The lowest BCUT2D eigenvalue weighted by molar-refractivity contribution is 0.0996. The molecule has 0 aliphatic carbocycles. The van der Waals surface area contributed by atoms with E-state index in [0.717, 1.165) is 5.56 Å². The molecule has 0 saturated carbocycles. The minimum Gasteiger partial charge on any atom is -0.459 e. The Bertz CT molecular complexity index is 478. The molecule has 0 atom stereocenters. The highest BCUT2D eigenvalue weighted by Gasteiger charge is 2.08. The van der Waals surface area contributed by atoms with Gasteiger partial charge in [-0.25, -0.2) is 0 Å². The number of carbonyl (C=O) groups is 1. The summed E-state index contributed by atoms with van der Waals surface area (Å²) in [4.78, 5) is 11.6. The lowest BCUT2D eigenvalue weighted by Crippen LogP contribution is -2.11. The summed E-state index contributed by atoms with van der Waals surface area (Å²) in [5.74, 6) is 0.0253. The molecule has 1 aromatic heterocycles. The number of rotatable bonds is 3. The molecule has 0 saturated heterocycles. The van der Waals surface area contributed by atoms with Gasteiger partial charge in [-0.1, -0.05) is 12.1 Å². The van der Waals surface area contributed by atoms with Crippen LogP contribution in [0.3, 0.4) is 0 Å². The molecule has 0 aliphatic rings. The van der Waals surface area contributed by atoms with Gasteiger partial charge in [0.25, 0.3) is 5.91 Å². The number of furan rings is 1. The highest BCUT2D eigenvalue weighted by Crippen LogP contribution is 2.12. The first-order chi connectivity index (χ1) is 7.79. The highest BCUT2D eigenvalue weighted by atomic mass is 16.3. The average Bonchev–Trinajstić information content (AvgIpc) is 2.83. The van der Waals surface area contributed by atoms with Crippen molar-refractivity contribution in [3.63, 3.8) is 0 Å². The predicted molar refractivity (Wildman–Crippen MR) is 61.0 cm³/mol. The van der Waals surface area contributed by atoms with Crippen molar-refractivity contribution in [2.75, 3.05) is 5.32 Å². The van der Waals surface area contributed by atoms with Crippen LogP contribution >= 0.6 is 0 Å². The third-order valence-corrected chi connectivity index (χ3v) is 2.17. The van der Waals surface area contributed by atoms with Gasteiger partial charge in [-0.05, 0) is 29.8 Å². The van der Waals surface area contributed by atoms with E-state index in [-0.39, 0.29) is 11.7 Å². The summed E-state index contributed by atoms with van der Waals surface area (Å²) in [6.07, 6.45) is 1.46. The van der Waals surface area contributed by atoms with Gasteiger partial charge in [0.15, 0.2) is 5.76 Å². The van der Waals surface area contributed by atoms with Gasteiger partial charge in [0, 0.05) is 12.2 Å². The molecular weight excluding hydrogens is 204 g/mol. The van der Waals surface area contributed by atoms with Crippen LogP contribution in [0.15, 0.2) is 47.1 Å². The van der Waals surface area contributed by atoms with Crippen molar-refractivity contribution in [2.45, 2.75) is 6.54 Å². The standard InChI is InChI=1S/C12H12N2O2/c13-8-9-3-1-4-10(7-9)14-12(15)11-5-2-6-16-11/h1-7H,8,13H2,(H,14,15). The monoisotopic (exact) mass is 216 g/mol. The zero-order valence-electron chi connectivity index (χ0n) is 8.64. The Kier molecular flexibility index (Phi) is 3.03. The van der Waals surface area contributed by atoms with E-state index < -0.39 is 0 Å². The van der Waals surface area contributed by atoms with Crippen molar-refractivity contribution in [3.05, 3.63) is 54.0 Å². The Hall–Kier alpha value is -2.07. The first-order valence-electron chi connectivity index (χ1n) is 4.93. The van der Waals surface area contributed by atoms with Crippen LogP contribution in [0.25, 0.3) is 0 Å². The molecule has 0 fully saturated rings. The Morgan fingerprint density at radius 2 is 2.19 bits per heavy atom. The van der Waals surface area contributed by atoms with E-state index in [1.807, 2.05) is 18.2 Å². The van der Waals surface area contributed by atoms with Crippen LogP contribution < -0.4 is 11.1 Å². The van der Waals surface area contributed by atoms with Gasteiger partial charge in [-0.2, -0.15) is 0 Å². The SMILES string of the molecule is NCc1cccc(NC(=O)c2ccco2)c1. The fourth-order valence-corrected chi connectivity index (χ4v) is 1.38. The molecule has 1 aromatic carbocycles. The smallest absolute Gasteiger partial charge is 0.291 e. The van der Waals surface area contributed by atoms with Crippen LogP contribution in [0.1, 0.15) is 16.1 Å². The van der Waals surface area contributed by atoms with Crippen LogP contribution in [0.5, 0.6) is 0 Å². The van der Waals surface area contributed by atoms with E-state index in [1.54, 1.807) is 18.2 Å². The van der Waals surface area contributed by atoms with Gasteiger partial charge in [-0.15, -0.1) is 0 Å². The van der Waals surface area contributed by atoms with E-state index in [9.17, 15) is 4.79 Å². The minimum absolute atomic E-state index is 0.265. The summed E-state index contributed by atoms with van der Waals surface area (Å²) in [6, 6.07) is 10.7. The van der Waals surface area contributed by atoms with Crippen LogP contribution in [0.2, 0.25) is 0 Å². The molecule has 4 nitrogen and oxygen atoms in total. The maximum absolute atomic E-state index is 11.6. The quantitative estimate of drug-likeness (QED) is 0.824. The van der Waals surface area contributed by atoms with E-state index in [4.69, 9.17) is 10.2 Å². The fourth-order valence-electron chi connectivity index (χ4n) is 1.38. The van der Waals surface area contributed by atoms with Gasteiger partial charge < -0.3 is 15.5 Å². The molecule has 82 valence electrons. The number of nitrogens with two attached hydrogens (primary N) is 1. The van der Waals surface area contributed by atoms with Crippen LogP contribution in [0, 0.1) is 0 Å². The molecule has 16 heavy (non-hydrogen) atoms. The molecular formula is C12H12N2O2. The first kappa shape index (κ1) is 10.4. The second-order valence-electron chi connectivity index (χ2n) is 3.34. The largest absolute Gasteiger partial charge is 0.459 e. The van der Waals surface area contributed by atoms with Crippen LogP contribution in [0.4, 0.5) is 5.69 Å². The van der Waals surface area contributed by atoms with Crippen molar-refractivity contribution in [2.24, 2.45) is 5.73 Å². The molecule has 0 radical (unpaired) electrons. The Morgan fingerprint density at radius 1 is 1.31 bits per heavy atom. The summed E-state index contributed by atoms with van der Waals surface area (Å²) in [5.41, 5.74) is 7.19. The zero-order valence-corrected chi connectivity index (χ0v) is 8.64. The summed E-state index contributed by atoms with van der Waals surface area (Å²) < 4.78 is 4.99. The van der Waals surface area contributed by atoms with Gasteiger partial charge in [0.05, 0.1) is 6.26 Å². The number of anilines is 1. The maximum Gasteiger partial charge on any atom is 0.291 e. The summed E-state index contributed by atoms with van der Waals surface area (Å²) in [6.45, 7) is 0.449. The molecule has 4 heteroatoms. The Labute approximate surface area is 93.1 Å². The average molecular weight is 216 g/mol. The van der Waals surface area contributed by atoms with Crippen molar-refractivity contribution >= 4 is 11.6 Å². The molecule has 0 bridgehead atoms. The predicted octanol–water partition coefficient (Wildman–Crippen LogP) is 1.99. The van der Waals surface area contributed by atoms with E-state index in [0.29, 0.717) is 12.2 Å². The molecule has 0 unspecified atom stereocenters. The molecule has 0 spiro atoms. The summed E-state index contributed by atoms with van der Waals surface area (Å²) in [7, 11) is 0. The van der Waals surface area contributed by atoms with E-state index in [2.05, 4.69) is 5.32 Å². The van der Waals surface area contributed by atoms with Gasteiger partial charge in [0.1, 0.15) is 0 Å². The van der Waals surface area contributed by atoms with Crippen molar-refractivity contribution in [1.29, 1.82) is 0 Å². The van der Waals surface area contributed by atoms with E-state index in [1.165, 1.54) is 6.26 Å². The third kappa shape index (κ3) is 2.29. The maximum atomic E-state index is 11.6. The normalized spacial score (nSPS) is 10.1. The lowest BCUT2D eigenvalue weighted by Gasteiger charge is -2.04. The Morgan fingerprint density at radius 3 is 2.88 bits per heavy atom. The Balaban J connectivity index is 2.12. The fraction of sp³-hybridized carbons (Fsp3) is 0.0833. The second kappa shape index (κ2) is 4.63. The number of benzene rings is 1. The highest BCUT2D eigenvalue weighted by molar-refractivity contribution is 6.02. The number of hydrogen-bond donors (Lipinski definition) is 2. The van der Waals surface area contributed by atoms with Crippen LogP contribution in [-0.4, -0.2) is 5.91 Å². The topological polar surface area (TPSA) is 68.3 Å². The van der Waals surface area contributed by atoms with Gasteiger partial charge >= 0.3 is 0 Å². The van der Waals surface area contributed by atoms with Gasteiger partial charge in [0.2, 0.25) is 0 Å². The molecule has 1 heterocycles. The van der Waals surface area contributed by atoms with E-state index >= 15 is 0 Å². The molecule has 2 rings (SSSR count). The number of carbonyl (C=O) groups excluding carboxylic acids is 1. The summed E-state index contributed by atoms with van der Waals surface area (Å²) in [5, 5.41) is 2.73. The number of nitrogens with one attached hydrogen (secondary N) is 1. The minimum atomic E-state index is -0.265. The number of hydrogen-bond acceptors (Lipinski definition) is 3. The third-order valence-electron chi connectivity index (χ3n) is 2.17. The number of amides is 1. The van der Waals surface area contributed by atoms with Crippen molar-refractivity contribution in [3.8, 4) is 0 Å². The zero-order chi connectivity index (χ0) is 11.4. The molecule has 2 aromatic rings. The van der Waals surface area contributed by atoms with Crippen molar-refractivity contribution < 1.29 is 9.21 Å². The lowest BCUT2D eigenvalue weighted by atomic mass is 10.2. The second-order valence-corrected chi connectivity index (χ2v) is 3.34. The first-order valence-corrected chi connectivity index (χ1v) is 4.93. The molecule has 0 aliphatic heterocycles. The summed E-state index contributed by atoms with van der Waals surface area (Å²) >= 11 is 0. The molecule has 3 N–H and O–H groups in total. The van der Waals surface area contributed by atoms with Crippen LogP contribution in [-0.2, 0) is 6.54 Å². The van der Waals surface area contributed by atoms with Gasteiger partial charge in [-0.3, -0.25) is 4.79 Å². The molecule has 1 amide bonds.